The van der Waals surface area contributed by atoms with Crippen LogP contribution in [-0.2, 0) is 4.74 Å². The Morgan fingerprint density at radius 2 is 2.22 bits per heavy atom. The normalized spacial score (nSPS) is 10.4. The van der Waals surface area contributed by atoms with Gasteiger partial charge in [0.1, 0.15) is 0 Å². The predicted octanol–water partition coefficient (Wildman–Crippen LogP) is 2.31. The van der Waals surface area contributed by atoms with E-state index in [0.717, 1.165) is 36.4 Å². The highest BCUT2D eigenvalue weighted by Gasteiger charge is 2.02. The number of halogens is 1. The fraction of sp³-hybridized carbons (Fsp3) is 0.462. The lowest BCUT2D eigenvalue weighted by molar-refractivity contribution is 0.163. The van der Waals surface area contributed by atoms with Crippen LogP contribution < -0.4 is 5.32 Å². The van der Waals surface area contributed by atoms with Crippen LogP contribution in [0.15, 0.2) is 22.7 Å². The van der Waals surface area contributed by atoms with E-state index in [0.29, 0.717) is 5.56 Å². The molecule has 0 bridgehead atoms. The first-order valence-electron chi connectivity index (χ1n) is 5.78. The number of benzene rings is 1. The van der Waals surface area contributed by atoms with E-state index < -0.39 is 0 Å². The van der Waals surface area contributed by atoms with Crippen LogP contribution in [0.1, 0.15) is 5.56 Å². The van der Waals surface area contributed by atoms with Crippen molar-refractivity contribution in [1.29, 1.82) is 5.26 Å². The molecule has 98 valence electrons. The van der Waals surface area contributed by atoms with Crippen LogP contribution in [0, 0.1) is 11.3 Å². The highest BCUT2D eigenvalue weighted by Crippen LogP contribution is 2.23. The number of nitrogens with one attached hydrogen (secondary N) is 1. The molecule has 0 fully saturated rings. The van der Waals surface area contributed by atoms with Gasteiger partial charge in [0.05, 0.1) is 18.2 Å². The first-order valence-corrected chi connectivity index (χ1v) is 6.57. The van der Waals surface area contributed by atoms with Crippen molar-refractivity contribution in [1.82, 2.24) is 4.90 Å². The molecule has 1 rings (SSSR count). The lowest BCUT2D eigenvalue weighted by atomic mass is 10.2. The third-order valence-electron chi connectivity index (χ3n) is 2.58. The van der Waals surface area contributed by atoms with Crippen molar-refractivity contribution in [2.45, 2.75) is 0 Å². The number of likely N-dealkylation sites (N-methyl/N-ethyl adjacent to an activating group) is 1. The van der Waals surface area contributed by atoms with Crippen LogP contribution in [0.25, 0.3) is 0 Å². The Balaban J connectivity index is 2.38. The Kier molecular flexibility index (Phi) is 6.73. The molecule has 1 aromatic carbocycles. The Labute approximate surface area is 117 Å². The SMILES string of the molecule is COCCN(C)CCNc1ccc(C#N)cc1Br. The fourth-order valence-corrected chi connectivity index (χ4v) is 1.99. The molecule has 4 nitrogen and oxygen atoms in total. The van der Waals surface area contributed by atoms with Crippen LogP contribution in [-0.4, -0.2) is 45.3 Å². The van der Waals surface area contributed by atoms with E-state index in [-0.39, 0.29) is 0 Å². The minimum absolute atomic E-state index is 0.657. The molecule has 0 aliphatic rings. The molecular formula is C13H18BrN3O. The molecule has 0 saturated heterocycles. The molecular weight excluding hydrogens is 294 g/mol. The maximum Gasteiger partial charge on any atom is 0.0992 e. The summed E-state index contributed by atoms with van der Waals surface area (Å²) in [5, 5.41) is 12.1. The molecule has 1 aromatic rings. The number of ether oxygens (including phenoxy) is 1. The van der Waals surface area contributed by atoms with Gasteiger partial charge < -0.3 is 15.0 Å². The standard InChI is InChI=1S/C13H18BrN3O/c1-17(7-8-18-2)6-5-16-13-4-3-11(10-15)9-12(13)14/h3-4,9,16H,5-8H2,1-2H3. The second-order valence-electron chi connectivity index (χ2n) is 4.03. The maximum absolute atomic E-state index is 8.77. The van der Waals surface area contributed by atoms with E-state index in [1.165, 1.54) is 0 Å². The van der Waals surface area contributed by atoms with Gasteiger partial charge >= 0.3 is 0 Å². The average molecular weight is 312 g/mol. The smallest absolute Gasteiger partial charge is 0.0992 e. The van der Waals surface area contributed by atoms with Crippen LogP contribution in [0.2, 0.25) is 0 Å². The zero-order valence-electron chi connectivity index (χ0n) is 10.7. The minimum atomic E-state index is 0.657. The van der Waals surface area contributed by atoms with E-state index in [9.17, 15) is 0 Å². The quantitative estimate of drug-likeness (QED) is 0.839. The van der Waals surface area contributed by atoms with Crippen molar-refractivity contribution >= 4 is 21.6 Å². The average Bonchev–Trinajstić information content (AvgIpc) is 2.38. The molecule has 0 aromatic heterocycles. The van der Waals surface area contributed by atoms with E-state index in [2.05, 4.69) is 39.3 Å². The molecule has 0 spiro atoms. The van der Waals surface area contributed by atoms with Gasteiger partial charge in [-0.1, -0.05) is 0 Å². The summed E-state index contributed by atoms with van der Waals surface area (Å²) in [7, 11) is 3.77. The lowest BCUT2D eigenvalue weighted by Crippen LogP contribution is -2.28. The van der Waals surface area contributed by atoms with E-state index in [4.69, 9.17) is 10.00 Å². The van der Waals surface area contributed by atoms with Crippen molar-refractivity contribution in [3.05, 3.63) is 28.2 Å². The van der Waals surface area contributed by atoms with Crippen LogP contribution >= 0.6 is 15.9 Å². The van der Waals surface area contributed by atoms with Gasteiger partial charge in [-0.2, -0.15) is 5.26 Å². The van der Waals surface area contributed by atoms with Crippen LogP contribution in [0.5, 0.6) is 0 Å². The Morgan fingerprint density at radius 1 is 1.44 bits per heavy atom. The Morgan fingerprint density at radius 3 is 2.83 bits per heavy atom. The van der Waals surface area contributed by atoms with Crippen molar-refractivity contribution in [3.8, 4) is 6.07 Å². The van der Waals surface area contributed by atoms with Gasteiger partial charge in [0.25, 0.3) is 0 Å². The highest BCUT2D eigenvalue weighted by atomic mass is 79.9. The molecule has 1 N–H and O–H groups in total. The summed E-state index contributed by atoms with van der Waals surface area (Å²) in [6, 6.07) is 7.65. The zero-order valence-corrected chi connectivity index (χ0v) is 12.3. The first kappa shape index (κ1) is 15.0. The van der Waals surface area contributed by atoms with Crippen molar-refractivity contribution in [3.63, 3.8) is 0 Å². The second kappa shape index (κ2) is 8.09. The number of anilines is 1. The summed E-state index contributed by atoms with van der Waals surface area (Å²) in [5.74, 6) is 0. The summed E-state index contributed by atoms with van der Waals surface area (Å²) >= 11 is 3.45. The minimum Gasteiger partial charge on any atom is -0.383 e. The van der Waals surface area contributed by atoms with Crippen molar-refractivity contribution in [2.75, 3.05) is 45.7 Å². The molecule has 0 aliphatic heterocycles. The summed E-state index contributed by atoms with van der Waals surface area (Å²) in [5.41, 5.74) is 1.67. The molecule has 0 atom stereocenters. The molecule has 0 radical (unpaired) electrons. The van der Waals surface area contributed by atoms with Gasteiger partial charge in [-0.3, -0.25) is 0 Å². The zero-order chi connectivity index (χ0) is 13.4. The maximum atomic E-state index is 8.77. The fourth-order valence-electron chi connectivity index (χ4n) is 1.47. The lowest BCUT2D eigenvalue weighted by Gasteiger charge is -2.17. The van der Waals surface area contributed by atoms with E-state index in [1.54, 1.807) is 7.11 Å². The molecule has 5 heteroatoms. The first-order chi connectivity index (χ1) is 8.67. The van der Waals surface area contributed by atoms with Gasteiger partial charge in [0.2, 0.25) is 0 Å². The van der Waals surface area contributed by atoms with Crippen LogP contribution in [0.3, 0.4) is 0 Å². The van der Waals surface area contributed by atoms with E-state index >= 15 is 0 Å². The summed E-state index contributed by atoms with van der Waals surface area (Å²) in [6.07, 6.45) is 0. The third-order valence-corrected chi connectivity index (χ3v) is 3.24. The Hall–Kier alpha value is -1.09. The number of nitriles is 1. The summed E-state index contributed by atoms with van der Waals surface area (Å²) < 4.78 is 5.94. The molecule has 0 aliphatic carbocycles. The predicted molar refractivity (Wildman–Crippen MR) is 76.7 cm³/mol. The third kappa shape index (κ3) is 5.05. The summed E-state index contributed by atoms with van der Waals surface area (Å²) in [6.45, 7) is 3.46. The van der Waals surface area contributed by atoms with E-state index in [1.807, 2.05) is 18.2 Å². The monoisotopic (exact) mass is 311 g/mol. The second-order valence-corrected chi connectivity index (χ2v) is 4.88. The molecule has 0 amide bonds. The number of hydrogen-bond donors (Lipinski definition) is 1. The summed E-state index contributed by atoms with van der Waals surface area (Å²) in [4.78, 5) is 2.20. The number of rotatable bonds is 7. The largest absolute Gasteiger partial charge is 0.383 e. The van der Waals surface area contributed by atoms with Crippen molar-refractivity contribution < 1.29 is 4.74 Å². The molecule has 0 saturated carbocycles. The number of nitrogens with zero attached hydrogens (tertiary/aromatic N) is 2. The van der Waals surface area contributed by atoms with Gasteiger partial charge in [-0.15, -0.1) is 0 Å². The molecule has 0 unspecified atom stereocenters. The van der Waals surface area contributed by atoms with Gasteiger partial charge in [-0.05, 0) is 41.2 Å². The number of hydrogen-bond acceptors (Lipinski definition) is 4. The topological polar surface area (TPSA) is 48.3 Å². The highest BCUT2D eigenvalue weighted by molar-refractivity contribution is 9.10. The molecule has 18 heavy (non-hydrogen) atoms. The molecule has 0 heterocycles. The number of methoxy groups -OCH3 is 1. The van der Waals surface area contributed by atoms with Crippen LogP contribution in [0.4, 0.5) is 5.69 Å². The van der Waals surface area contributed by atoms with Gasteiger partial charge in [0.15, 0.2) is 0 Å². The Bertz CT molecular complexity index is 417. The van der Waals surface area contributed by atoms with Crippen molar-refractivity contribution in [2.24, 2.45) is 0 Å². The van der Waals surface area contributed by atoms with Gasteiger partial charge in [0, 0.05) is 36.9 Å². The van der Waals surface area contributed by atoms with Gasteiger partial charge in [-0.25, -0.2) is 0 Å².